The van der Waals surface area contributed by atoms with Gasteiger partial charge in [0.2, 0.25) is 0 Å². The zero-order chi connectivity index (χ0) is 10.5. The van der Waals surface area contributed by atoms with E-state index in [1.54, 1.807) is 0 Å². The van der Waals surface area contributed by atoms with E-state index in [0.717, 1.165) is 12.8 Å². The lowest BCUT2D eigenvalue weighted by atomic mass is 10.1. The Morgan fingerprint density at radius 3 is 2.00 bits per heavy atom. The van der Waals surface area contributed by atoms with Crippen molar-refractivity contribution in [3.05, 3.63) is 0 Å². The molecule has 1 N–H and O–H groups in total. The van der Waals surface area contributed by atoms with Crippen LogP contribution in [0.4, 0.5) is 0 Å². The predicted molar refractivity (Wildman–Crippen MR) is 57.6 cm³/mol. The van der Waals surface area contributed by atoms with E-state index in [4.69, 9.17) is 28.3 Å². The second kappa shape index (κ2) is 14.6. The Kier molecular flexibility index (Phi) is 17.4. The quantitative estimate of drug-likeness (QED) is 0.554. The molecule has 0 atom stereocenters. The molecule has 0 aliphatic carbocycles. The van der Waals surface area contributed by atoms with E-state index in [1.807, 2.05) is 0 Å². The lowest BCUT2D eigenvalue weighted by molar-refractivity contribution is -0.137. The molecule has 0 saturated carbocycles. The predicted octanol–water partition coefficient (Wildman–Crippen LogP) is 3.85. The van der Waals surface area contributed by atoms with Crippen molar-refractivity contribution in [1.82, 2.24) is 0 Å². The molecule has 0 bridgehead atoms. The summed E-state index contributed by atoms with van der Waals surface area (Å²) in [5, 5.41) is 8.46. The third-order valence-electron chi connectivity index (χ3n) is 1.49. The van der Waals surface area contributed by atoms with Gasteiger partial charge >= 0.3 is 5.97 Å². The molecule has 13 heavy (non-hydrogen) atoms. The van der Waals surface area contributed by atoms with E-state index >= 15 is 0 Å². The second-order valence-electron chi connectivity index (χ2n) is 2.66. The van der Waals surface area contributed by atoms with Crippen molar-refractivity contribution < 1.29 is 9.90 Å². The van der Waals surface area contributed by atoms with Gasteiger partial charge in [0.15, 0.2) is 0 Å². The van der Waals surface area contributed by atoms with Gasteiger partial charge in [0, 0.05) is 6.42 Å². The monoisotopic (exact) mass is 228 g/mol. The van der Waals surface area contributed by atoms with Crippen molar-refractivity contribution in [2.75, 3.05) is 5.34 Å². The molecule has 0 fully saturated rings. The van der Waals surface area contributed by atoms with Crippen molar-refractivity contribution in [2.24, 2.45) is 0 Å². The molecule has 0 aromatic heterocycles. The Bertz CT molecular complexity index is 108. The van der Waals surface area contributed by atoms with Crippen molar-refractivity contribution in [3.63, 3.8) is 0 Å². The van der Waals surface area contributed by atoms with E-state index in [-0.39, 0.29) is 5.34 Å². The number of aliphatic carboxylic acids is 1. The van der Waals surface area contributed by atoms with Crippen LogP contribution >= 0.6 is 23.2 Å². The third-order valence-corrected chi connectivity index (χ3v) is 1.49. The van der Waals surface area contributed by atoms with E-state index in [2.05, 4.69) is 6.92 Å². The molecule has 0 heterocycles. The first-order valence-corrected chi connectivity index (χ1v) is 5.59. The summed E-state index contributed by atoms with van der Waals surface area (Å²) >= 11 is 9.53. The van der Waals surface area contributed by atoms with Gasteiger partial charge in [-0.25, -0.2) is 0 Å². The maximum atomic E-state index is 10.0. The topological polar surface area (TPSA) is 37.3 Å². The highest BCUT2D eigenvalue weighted by molar-refractivity contribution is 6.40. The van der Waals surface area contributed by atoms with Crippen LogP contribution in [-0.2, 0) is 4.79 Å². The van der Waals surface area contributed by atoms with Gasteiger partial charge < -0.3 is 5.11 Å². The summed E-state index contributed by atoms with van der Waals surface area (Å²) in [4.78, 5) is 10.0. The van der Waals surface area contributed by atoms with E-state index in [1.165, 1.54) is 19.3 Å². The minimum Gasteiger partial charge on any atom is -0.481 e. The highest BCUT2D eigenvalue weighted by atomic mass is 35.5. The van der Waals surface area contributed by atoms with Gasteiger partial charge in [0.25, 0.3) is 0 Å². The standard InChI is InChI=1S/C8H16O2.CH2Cl2/c1-2-3-4-5-6-7-8(9)10;2-1-3/h2-7H2,1H3,(H,9,10);1H2. The normalized spacial score (nSPS) is 8.85. The Morgan fingerprint density at radius 1 is 1.15 bits per heavy atom. The number of carbonyl (C=O) groups is 1. The zero-order valence-electron chi connectivity index (χ0n) is 8.06. The van der Waals surface area contributed by atoms with Crippen LogP contribution in [0, 0.1) is 0 Å². The lowest BCUT2D eigenvalue weighted by Gasteiger charge is -1.95. The number of hydrogen-bond donors (Lipinski definition) is 1. The van der Waals surface area contributed by atoms with Crippen molar-refractivity contribution in [2.45, 2.75) is 45.4 Å². The molecule has 0 aliphatic rings. The third kappa shape index (κ3) is 24.5. The zero-order valence-corrected chi connectivity index (χ0v) is 9.57. The number of hydrogen-bond acceptors (Lipinski definition) is 1. The summed E-state index contributed by atoms with van der Waals surface area (Å²) in [6, 6.07) is 0. The summed E-state index contributed by atoms with van der Waals surface area (Å²) < 4.78 is 0. The maximum absolute atomic E-state index is 10.0. The Balaban J connectivity index is 0. The number of halogens is 2. The average Bonchev–Trinajstić information content (AvgIpc) is 2.05. The summed E-state index contributed by atoms with van der Waals surface area (Å²) in [6.07, 6.45) is 5.88. The van der Waals surface area contributed by atoms with Crippen LogP contribution in [0.1, 0.15) is 45.4 Å². The molecule has 0 aromatic rings. The second-order valence-corrected chi connectivity index (χ2v) is 3.47. The van der Waals surface area contributed by atoms with Crippen LogP contribution < -0.4 is 0 Å². The Morgan fingerprint density at radius 2 is 1.62 bits per heavy atom. The van der Waals surface area contributed by atoms with Crippen LogP contribution in [0.25, 0.3) is 0 Å². The fourth-order valence-electron chi connectivity index (χ4n) is 0.880. The van der Waals surface area contributed by atoms with E-state index < -0.39 is 5.97 Å². The van der Waals surface area contributed by atoms with Gasteiger partial charge in [0.05, 0.1) is 5.34 Å². The smallest absolute Gasteiger partial charge is 0.303 e. The fourth-order valence-corrected chi connectivity index (χ4v) is 0.880. The van der Waals surface area contributed by atoms with Crippen molar-refractivity contribution in [3.8, 4) is 0 Å². The first-order chi connectivity index (χ1) is 6.18. The van der Waals surface area contributed by atoms with Gasteiger partial charge in [-0.2, -0.15) is 0 Å². The molecule has 0 amide bonds. The van der Waals surface area contributed by atoms with Crippen LogP contribution in [-0.4, -0.2) is 16.4 Å². The number of carboxylic acids is 1. The van der Waals surface area contributed by atoms with Crippen LogP contribution in [0.2, 0.25) is 0 Å². The molecule has 0 aromatic carbocycles. The Labute approximate surface area is 90.2 Å². The number of alkyl halides is 2. The minimum absolute atomic E-state index is 0.194. The van der Waals surface area contributed by atoms with Gasteiger partial charge in [-0.3, -0.25) is 4.79 Å². The number of rotatable bonds is 6. The molecule has 2 nitrogen and oxygen atoms in total. The molecule has 4 heteroatoms. The summed E-state index contributed by atoms with van der Waals surface area (Å²) in [7, 11) is 0. The first kappa shape index (κ1) is 15.5. The average molecular weight is 229 g/mol. The SMILES string of the molecule is CCCCCCCC(=O)O.ClCCl. The fraction of sp³-hybridized carbons (Fsp3) is 0.889. The molecule has 0 saturated heterocycles. The molecule has 0 aliphatic heterocycles. The van der Waals surface area contributed by atoms with Gasteiger partial charge in [0.1, 0.15) is 0 Å². The van der Waals surface area contributed by atoms with Crippen LogP contribution in [0.5, 0.6) is 0 Å². The largest absolute Gasteiger partial charge is 0.481 e. The molecule has 0 rings (SSSR count). The van der Waals surface area contributed by atoms with Crippen LogP contribution in [0.3, 0.4) is 0 Å². The van der Waals surface area contributed by atoms with Gasteiger partial charge in [-0.15, -0.1) is 23.2 Å². The molecular weight excluding hydrogens is 211 g/mol. The molecule has 0 unspecified atom stereocenters. The van der Waals surface area contributed by atoms with E-state index in [9.17, 15) is 4.79 Å². The lowest BCUT2D eigenvalue weighted by Crippen LogP contribution is -1.93. The molecule has 0 spiro atoms. The summed E-state index contributed by atoms with van der Waals surface area (Å²) in [6.45, 7) is 2.15. The molecular formula is C9H18Cl2O2. The maximum Gasteiger partial charge on any atom is 0.303 e. The molecule has 0 radical (unpaired) electrons. The first-order valence-electron chi connectivity index (χ1n) is 4.52. The Hall–Kier alpha value is 0.0500. The van der Waals surface area contributed by atoms with Gasteiger partial charge in [-0.1, -0.05) is 32.6 Å². The van der Waals surface area contributed by atoms with Gasteiger partial charge in [-0.05, 0) is 6.42 Å². The molecule has 80 valence electrons. The van der Waals surface area contributed by atoms with Crippen LogP contribution in [0.15, 0.2) is 0 Å². The number of carboxylic acid groups (broad SMARTS) is 1. The summed E-state index contributed by atoms with van der Waals surface area (Å²) in [5.41, 5.74) is 0. The minimum atomic E-state index is -0.670. The van der Waals surface area contributed by atoms with Crippen molar-refractivity contribution in [1.29, 1.82) is 0 Å². The highest BCUT2D eigenvalue weighted by Gasteiger charge is 1.94. The number of unbranched alkanes of at least 4 members (excludes halogenated alkanes) is 4. The van der Waals surface area contributed by atoms with E-state index in [0.29, 0.717) is 6.42 Å². The summed E-state index contributed by atoms with van der Waals surface area (Å²) in [5.74, 6) is -0.670. The van der Waals surface area contributed by atoms with Crippen molar-refractivity contribution >= 4 is 29.2 Å². The highest BCUT2D eigenvalue weighted by Crippen LogP contribution is 2.04.